The van der Waals surface area contributed by atoms with E-state index in [1.165, 1.54) is 25.7 Å². The molecule has 0 saturated heterocycles. The van der Waals surface area contributed by atoms with Gasteiger partial charge in [-0.05, 0) is 31.0 Å². The summed E-state index contributed by atoms with van der Waals surface area (Å²) < 4.78 is 1.06. The van der Waals surface area contributed by atoms with E-state index in [0.29, 0.717) is 6.04 Å². The molecule has 1 rings (SSSR count). The number of hydrogen-bond donors (Lipinski definition) is 1. The van der Waals surface area contributed by atoms with Gasteiger partial charge in [-0.3, -0.25) is 0 Å². The summed E-state index contributed by atoms with van der Waals surface area (Å²) in [4.78, 5) is 0. The molecule has 0 spiro atoms. The maximum absolute atomic E-state index is 6.16. The van der Waals surface area contributed by atoms with Crippen LogP contribution in [0.2, 0.25) is 5.02 Å². The molecule has 1 aromatic carbocycles. The van der Waals surface area contributed by atoms with Crippen molar-refractivity contribution in [3.05, 3.63) is 27.7 Å². The van der Waals surface area contributed by atoms with Gasteiger partial charge >= 0.3 is 0 Å². The van der Waals surface area contributed by atoms with Crippen LogP contribution < -0.4 is 5.32 Å². The first kappa shape index (κ1) is 13.9. The molecule has 0 heterocycles. The molecule has 16 heavy (non-hydrogen) atoms. The summed E-state index contributed by atoms with van der Waals surface area (Å²) in [6, 6.07) is 6.45. The molecule has 0 aliphatic carbocycles. The molecule has 0 saturated carbocycles. The lowest BCUT2D eigenvalue weighted by atomic mass is 10.1. The molecular formula is C13H19BrClN. The van der Waals surface area contributed by atoms with Crippen molar-refractivity contribution < 1.29 is 0 Å². The first-order chi connectivity index (χ1) is 7.67. The summed E-state index contributed by atoms with van der Waals surface area (Å²) in [5.74, 6) is 0. The van der Waals surface area contributed by atoms with Crippen LogP contribution in [0.25, 0.3) is 0 Å². The molecule has 0 unspecified atom stereocenters. The Labute approximate surface area is 112 Å². The van der Waals surface area contributed by atoms with E-state index in [2.05, 4.69) is 35.1 Å². The molecule has 0 bridgehead atoms. The molecule has 1 N–H and O–H groups in total. The Hall–Kier alpha value is -0.210. The van der Waals surface area contributed by atoms with Gasteiger partial charge in [-0.25, -0.2) is 0 Å². The van der Waals surface area contributed by atoms with Crippen LogP contribution in [-0.2, 0) is 0 Å². The Kier molecular flexibility index (Phi) is 6.22. The maximum Gasteiger partial charge on any atom is 0.0638 e. The molecule has 90 valence electrons. The molecule has 0 fully saturated rings. The highest BCUT2D eigenvalue weighted by Crippen LogP contribution is 2.27. The fourth-order valence-corrected chi connectivity index (χ4v) is 2.35. The Bertz CT molecular complexity index is 322. The third kappa shape index (κ3) is 4.34. The van der Waals surface area contributed by atoms with E-state index < -0.39 is 0 Å². The van der Waals surface area contributed by atoms with Crippen LogP contribution in [0.5, 0.6) is 0 Å². The largest absolute Gasteiger partial charge is 0.381 e. The number of benzene rings is 1. The van der Waals surface area contributed by atoms with E-state index in [0.717, 1.165) is 15.2 Å². The molecule has 1 aromatic rings. The molecule has 3 heteroatoms. The molecule has 0 radical (unpaired) electrons. The monoisotopic (exact) mass is 303 g/mol. The summed E-state index contributed by atoms with van der Waals surface area (Å²) in [6.45, 7) is 4.43. The average Bonchev–Trinajstić information content (AvgIpc) is 2.24. The number of halogens is 2. The van der Waals surface area contributed by atoms with Crippen molar-refractivity contribution in [2.45, 2.75) is 45.6 Å². The second kappa shape index (κ2) is 7.18. The zero-order valence-corrected chi connectivity index (χ0v) is 12.2. The van der Waals surface area contributed by atoms with Crippen molar-refractivity contribution in [3.63, 3.8) is 0 Å². The van der Waals surface area contributed by atoms with Gasteiger partial charge in [-0.2, -0.15) is 0 Å². The molecular weight excluding hydrogens is 286 g/mol. The van der Waals surface area contributed by atoms with Crippen molar-refractivity contribution in [2.24, 2.45) is 0 Å². The van der Waals surface area contributed by atoms with Crippen LogP contribution >= 0.6 is 27.5 Å². The molecule has 0 atom stereocenters. The van der Waals surface area contributed by atoms with Gasteiger partial charge in [0.2, 0.25) is 0 Å². The fraction of sp³-hybridized carbons (Fsp3) is 0.538. The van der Waals surface area contributed by atoms with Gasteiger partial charge < -0.3 is 5.32 Å². The van der Waals surface area contributed by atoms with E-state index in [1.54, 1.807) is 0 Å². The van der Waals surface area contributed by atoms with Gasteiger partial charge in [0.25, 0.3) is 0 Å². The standard InChI is InChI=1S/C13H19BrClN/c1-3-5-11(6-4-2)16-13-9-10(14)7-8-12(13)15/h7-9,11,16H,3-6H2,1-2H3. The Morgan fingerprint density at radius 3 is 2.44 bits per heavy atom. The average molecular weight is 305 g/mol. The third-order valence-electron chi connectivity index (χ3n) is 2.56. The zero-order chi connectivity index (χ0) is 12.0. The normalized spacial score (nSPS) is 10.8. The van der Waals surface area contributed by atoms with E-state index >= 15 is 0 Å². The number of hydrogen-bond acceptors (Lipinski definition) is 1. The quantitative estimate of drug-likeness (QED) is 0.733. The first-order valence-corrected chi connectivity index (χ1v) is 7.06. The highest BCUT2D eigenvalue weighted by atomic mass is 79.9. The third-order valence-corrected chi connectivity index (χ3v) is 3.39. The molecule has 0 aliphatic heterocycles. The topological polar surface area (TPSA) is 12.0 Å². The summed E-state index contributed by atoms with van der Waals surface area (Å²) >= 11 is 9.62. The van der Waals surface area contributed by atoms with Gasteiger partial charge in [0.15, 0.2) is 0 Å². The van der Waals surface area contributed by atoms with Crippen LogP contribution in [0.15, 0.2) is 22.7 Å². The maximum atomic E-state index is 6.16. The predicted molar refractivity (Wildman–Crippen MR) is 76.4 cm³/mol. The van der Waals surface area contributed by atoms with Crippen LogP contribution in [0.4, 0.5) is 5.69 Å². The molecule has 1 nitrogen and oxygen atoms in total. The predicted octanol–water partition coefficient (Wildman–Crippen LogP) is 5.48. The van der Waals surface area contributed by atoms with Crippen molar-refractivity contribution in [3.8, 4) is 0 Å². The van der Waals surface area contributed by atoms with E-state index in [1.807, 2.05) is 18.2 Å². The van der Waals surface area contributed by atoms with Crippen molar-refractivity contribution in [1.29, 1.82) is 0 Å². The van der Waals surface area contributed by atoms with Gasteiger partial charge in [-0.1, -0.05) is 54.2 Å². The molecule has 0 amide bonds. The van der Waals surface area contributed by atoms with Crippen LogP contribution in [0, 0.1) is 0 Å². The Balaban J connectivity index is 2.71. The number of rotatable bonds is 6. The van der Waals surface area contributed by atoms with Gasteiger partial charge in [0.05, 0.1) is 10.7 Å². The zero-order valence-electron chi connectivity index (χ0n) is 9.89. The highest BCUT2D eigenvalue weighted by molar-refractivity contribution is 9.10. The lowest BCUT2D eigenvalue weighted by molar-refractivity contribution is 0.586. The second-order valence-corrected chi connectivity index (χ2v) is 5.37. The summed E-state index contributed by atoms with van der Waals surface area (Å²) in [5, 5.41) is 4.32. The van der Waals surface area contributed by atoms with Crippen molar-refractivity contribution >= 4 is 33.2 Å². The minimum atomic E-state index is 0.529. The Morgan fingerprint density at radius 2 is 1.88 bits per heavy atom. The highest BCUT2D eigenvalue weighted by Gasteiger charge is 2.08. The molecule has 0 aliphatic rings. The summed E-state index contributed by atoms with van der Waals surface area (Å²) in [5.41, 5.74) is 1.03. The van der Waals surface area contributed by atoms with E-state index in [4.69, 9.17) is 11.6 Å². The van der Waals surface area contributed by atoms with Gasteiger partial charge in [0, 0.05) is 10.5 Å². The van der Waals surface area contributed by atoms with Crippen LogP contribution in [-0.4, -0.2) is 6.04 Å². The summed E-state index contributed by atoms with van der Waals surface area (Å²) in [7, 11) is 0. The number of nitrogens with one attached hydrogen (secondary N) is 1. The van der Waals surface area contributed by atoms with Crippen LogP contribution in [0.3, 0.4) is 0 Å². The van der Waals surface area contributed by atoms with E-state index in [9.17, 15) is 0 Å². The molecule has 0 aromatic heterocycles. The second-order valence-electron chi connectivity index (χ2n) is 4.04. The lowest BCUT2D eigenvalue weighted by Crippen LogP contribution is -2.19. The van der Waals surface area contributed by atoms with Crippen LogP contribution in [0.1, 0.15) is 39.5 Å². The van der Waals surface area contributed by atoms with Gasteiger partial charge in [0.1, 0.15) is 0 Å². The SMILES string of the molecule is CCCC(CCC)Nc1cc(Br)ccc1Cl. The van der Waals surface area contributed by atoms with Gasteiger partial charge in [-0.15, -0.1) is 0 Å². The number of anilines is 1. The summed E-state index contributed by atoms with van der Waals surface area (Å²) in [6.07, 6.45) is 4.78. The minimum absolute atomic E-state index is 0.529. The smallest absolute Gasteiger partial charge is 0.0638 e. The van der Waals surface area contributed by atoms with Crippen molar-refractivity contribution in [1.82, 2.24) is 0 Å². The minimum Gasteiger partial charge on any atom is -0.381 e. The van der Waals surface area contributed by atoms with Crippen molar-refractivity contribution in [2.75, 3.05) is 5.32 Å². The van der Waals surface area contributed by atoms with E-state index in [-0.39, 0.29) is 0 Å². The lowest BCUT2D eigenvalue weighted by Gasteiger charge is -2.19. The Morgan fingerprint density at radius 1 is 1.25 bits per heavy atom. The fourth-order valence-electron chi connectivity index (χ4n) is 1.81. The first-order valence-electron chi connectivity index (χ1n) is 5.89.